The molecule has 2 aromatic carbocycles. The van der Waals surface area contributed by atoms with Crippen molar-refractivity contribution >= 4 is 23.1 Å². The summed E-state index contributed by atoms with van der Waals surface area (Å²) in [6.45, 7) is 12.5. The Balaban J connectivity index is 0.000000324. The van der Waals surface area contributed by atoms with E-state index in [0.29, 0.717) is 0 Å². The van der Waals surface area contributed by atoms with E-state index in [1.165, 1.54) is 33.4 Å². The van der Waals surface area contributed by atoms with Gasteiger partial charge in [-0.05, 0) is 0 Å². The quantitative estimate of drug-likeness (QED) is 0.486. The molecule has 0 aromatic heterocycles. The average Bonchev–Trinajstić information content (AvgIpc) is 2.12. The third-order valence-electron chi connectivity index (χ3n) is 2.57. The van der Waals surface area contributed by atoms with E-state index in [0.717, 1.165) is 0 Å². The SMILES string of the molecule is Cc1[c-]c(C)cc(C)c1.Cc1[c-]c(C)cc(C)c1.[Mg+2]. The molecular formula is C18H22Mg. The summed E-state index contributed by atoms with van der Waals surface area (Å²) in [5.74, 6) is 0. The fourth-order valence-electron chi connectivity index (χ4n) is 2.22. The van der Waals surface area contributed by atoms with E-state index >= 15 is 0 Å². The van der Waals surface area contributed by atoms with E-state index in [1.54, 1.807) is 0 Å². The van der Waals surface area contributed by atoms with Crippen molar-refractivity contribution < 1.29 is 0 Å². The summed E-state index contributed by atoms with van der Waals surface area (Å²) in [7, 11) is 0. The first-order valence-electron chi connectivity index (χ1n) is 6.31. The van der Waals surface area contributed by atoms with Crippen LogP contribution in [0.5, 0.6) is 0 Å². The molecule has 0 amide bonds. The number of hydrogen-bond donors (Lipinski definition) is 0. The standard InChI is InChI=1S/2C9H11.Mg/c2*1-7-4-8(2)6-9(3)5-7;/h2*4-5H,1-3H3;/q2*-1;+2. The van der Waals surface area contributed by atoms with Gasteiger partial charge in [-0.1, -0.05) is 41.5 Å². The van der Waals surface area contributed by atoms with Gasteiger partial charge in [0, 0.05) is 0 Å². The largest absolute Gasteiger partial charge is 2.00 e. The Bertz CT molecular complexity index is 377. The molecule has 0 aliphatic carbocycles. The van der Waals surface area contributed by atoms with Crippen molar-refractivity contribution in [3.05, 3.63) is 69.8 Å². The molecule has 0 nitrogen and oxygen atoms in total. The third-order valence-corrected chi connectivity index (χ3v) is 2.57. The van der Waals surface area contributed by atoms with E-state index in [4.69, 9.17) is 0 Å². The molecule has 96 valence electrons. The first-order chi connectivity index (χ1) is 8.36. The van der Waals surface area contributed by atoms with Crippen LogP contribution in [0.1, 0.15) is 33.4 Å². The van der Waals surface area contributed by atoms with Crippen molar-refractivity contribution in [1.29, 1.82) is 0 Å². The predicted octanol–water partition coefficient (Wildman–Crippen LogP) is 4.44. The molecule has 2 rings (SSSR count). The van der Waals surface area contributed by atoms with Crippen LogP contribution in [0.3, 0.4) is 0 Å². The molecule has 0 unspecified atom stereocenters. The van der Waals surface area contributed by atoms with Crippen molar-refractivity contribution in [3.8, 4) is 0 Å². The zero-order chi connectivity index (χ0) is 13.7. The first-order valence-corrected chi connectivity index (χ1v) is 6.31. The predicted molar refractivity (Wildman–Crippen MR) is 84.7 cm³/mol. The van der Waals surface area contributed by atoms with Crippen LogP contribution in [0.25, 0.3) is 0 Å². The topological polar surface area (TPSA) is 0 Å². The van der Waals surface area contributed by atoms with Gasteiger partial charge < -0.3 is 0 Å². The van der Waals surface area contributed by atoms with E-state index in [2.05, 4.69) is 77.9 Å². The molecule has 0 bridgehead atoms. The summed E-state index contributed by atoms with van der Waals surface area (Å²) >= 11 is 0. The van der Waals surface area contributed by atoms with Gasteiger partial charge in [0.1, 0.15) is 0 Å². The zero-order valence-corrected chi connectivity index (χ0v) is 14.4. The minimum absolute atomic E-state index is 0. The average molecular weight is 263 g/mol. The second kappa shape index (κ2) is 8.39. The second-order valence-electron chi connectivity index (χ2n) is 5.05. The molecule has 0 spiro atoms. The van der Waals surface area contributed by atoms with Crippen molar-refractivity contribution in [1.82, 2.24) is 0 Å². The summed E-state index contributed by atoms with van der Waals surface area (Å²) in [5, 5.41) is 0. The number of aryl methyl sites for hydroxylation is 6. The Morgan fingerprint density at radius 2 is 0.737 bits per heavy atom. The normalized spacial score (nSPS) is 9.16. The molecule has 0 atom stereocenters. The third kappa shape index (κ3) is 7.39. The van der Waals surface area contributed by atoms with Crippen molar-refractivity contribution in [3.63, 3.8) is 0 Å². The fourth-order valence-corrected chi connectivity index (χ4v) is 2.22. The van der Waals surface area contributed by atoms with Gasteiger partial charge in [-0.2, -0.15) is 69.8 Å². The first kappa shape index (κ1) is 18.2. The second-order valence-corrected chi connectivity index (χ2v) is 5.05. The van der Waals surface area contributed by atoms with Gasteiger partial charge in [-0.15, -0.1) is 0 Å². The Morgan fingerprint density at radius 3 is 0.895 bits per heavy atom. The Kier molecular flexibility index (Phi) is 8.04. The summed E-state index contributed by atoms with van der Waals surface area (Å²) in [4.78, 5) is 0. The Labute approximate surface area is 134 Å². The molecular weight excluding hydrogens is 241 g/mol. The van der Waals surface area contributed by atoms with Crippen LogP contribution in [-0.4, -0.2) is 23.1 Å². The molecule has 0 radical (unpaired) electrons. The summed E-state index contributed by atoms with van der Waals surface area (Å²) in [6, 6.07) is 14.9. The van der Waals surface area contributed by atoms with Gasteiger partial charge in [0.25, 0.3) is 0 Å². The minimum atomic E-state index is 0. The van der Waals surface area contributed by atoms with Crippen LogP contribution < -0.4 is 0 Å². The van der Waals surface area contributed by atoms with Crippen LogP contribution in [0, 0.1) is 53.7 Å². The Hall–Kier alpha value is -0.794. The molecule has 0 saturated carbocycles. The number of benzene rings is 2. The van der Waals surface area contributed by atoms with Crippen molar-refractivity contribution in [2.75, 3.05) is 0 Å². The Morgan fingerprint density at radius 1 is 0.526 bits per heavy atom. The maximum absolute atomic E-state index is 3.21. The molecule has 0 fully saturated rings. The van der Waals surface area contributed by atoms with Crippen LogP contribution in [0.2, 0.25) is 0 Å². The van der Waals surface area contributed by atoms with Crippen LogP contribution in [0.15, 0.2) is 24.3 Å². The molecule has 1 heteroatoms. The van der Waals surface area contributed by atoms with Crippen LogP contribution in [0.4, 0.5) is 0 Å². The van der Waals surface area contributed by atoms with Crippen LogP contribution in [-0.2, 0) is 0 Å². The number of rotatable bonds is 0. The van der Waals surface area contributed by atoms with Crippen molar-refractivity contribution in [2.24, 2.45) is 0 Å². The molecule has 19 heavy (non-hydrogen) atoms. The van der Waals surface area contributed by atoms with Crippen molar-refractivity contribution in [2.45, 2.75) is 41.5 Å². The molecule has 0 aliphatic rings. The van der Waals surface area contributed by atoms with E-state index in [1.807, 2.05) is 0 Å². The van der Waals surface area contributed by atoms with Gasteiger partial charge in [0.2, 0.25) is 0 Å². The molecule has 0 N–H and O–H groups in total. The van der Waals surface area contributed by atoms with Gasteiger partial charge >= 0.3 is 23.1 Å². The zero-order valence-electron chi connectivity index (χ0n) is 13.0. The minimum Gasteiger partial charge on any atom is -0.177 e. The smallest absolute Gasteiger partial charge is 0.177 e. The summed E-state index contributed by atoms with van der Waals surface area (Å²) in [5.41, 5.74) is 7.56. The molecule has 0 aliphatic heterocycles. The van der Waals surface area contributed by atoms with Gasteiger partial charge in [0.15, 0.2) is 0 Å². The number of hydrogen-bond acceptors (Lipinski definition) is 0. The van der Waals surface area contributed by atoms with Gasteiger partial charge in [0.05, 0.1) is 0 Å². The molecule has 0 heterocycles. The monoisotopic (exact) mass is 262 g/mol. The van der Waals surface area contributed by atoms with Gasteiger partial charge in [-0.3, -0.25) is 0 Å². The molecule has 0 saturated heterocycles. The summed E-state index contributed by atoms with van der Waals surface area (Å²) < 4.78 is 0. The van der Waals surface area contributed by atoms with E-state index in [-0.39, 0.29) is 23.1 Å². The maximum atomic E-state index is 3.21. The van der Waals surface area contributed by atoms with E-state index < -0.39 is 0 Å². The summed E-state index contributed by atoms with van der Waals surface area (Å²) in [6.07, 6.45) is 0. The van der Waals surface area contributed by atoms with E-state index in [9.17, 15) is 0 Å². The molecule has 2 aromatic rings. The maximum Gasteiger partial charge on any atom is 2.00 e. The fraction of sp³-hybridized carbons (Fsp3) is 0.333. The van der Waals surface area contributed by atoms with Gasteiger partial charge in [-0.25, -0.2) is 0 Å². The van der Waals surface area contributed by atoms with Crippen LogP contribution >= 0.6 is 0 Å².